The van der Waals surface area contributed by atoms with Crippen LogP contribution in [-0.4, -0.2) is 4.57 Å². The Hall–Kier alpha value is -2.25. The predicted octanol–water partition coefficient (Wildman–Crippen LogP) is 5.50. The van der Waals surface area contributed by atoms with E-state index in [1.807, 2.05) is 6.07 Å². The number of nitrogens with zero attached hydrogens (tertiary/aromatic N) is 1. The Morgan fingerprint density at radius 1 is 0.810 bits per heavy atom. The fourth-order valence-corrected chi connectivity index (χ4v) is 3.08. The number of para-hydroxylation sites is 1. The molecule has 102 valence electrons. The van der Waals surface area contributed by atoms with E-state index in [-0.39, 0.29) is 0 Å². The maximum atomic E-state index is 6.16. The summed E-state index contributed by atoms with van der Waals surface area (Å²) in [6.07, 6.45) is 2.15. The molecule has 0 saturated carbocycles. The fraction of sp³-hybridized carbons (Fsp3) is 0.0526. The Morgan fingerprint density at radius 3 is 2.62 bits per heavy atom. The largest absolute Gasteiger partial charge is 0.343 e. The third-order valence-corrected chi connectivity index (χ3v) is 4.19. The highest BCUT2D eigenvalue weighted by atomic mass is 35.5. The molecule has 0 fully saturated rings. The van der Waals surface area contributed by atoms with E-state index in [1.165, 1.54) is 27.2 Å². The molecule has 3 aromatic carbocycles. The second kappa shape index (κ2) is 4.94. The Morgan fingerprint density at radius 2 is 1.67 bits per heavy atom. The van der Waals surface area contributed by atoms with Gasteiger partial charge in [0.15, 0.2) is 0 Å². The normalized spacial score (nSPS) is 11.3. The summed E-state index contributed by atoms with van der Waals surface area (Å²) >= 11 is 6.16. The van der Waals surface area contributed by atoms with Crippen LogP contribution in [0.3, 0.4) is 0 Å². The highest BCUT2D eigenvalue weighted by Gasteiger charge is 2.05. The topological polar surface area (TPSA) is 4.93 Å². The first kappa shape index (κ1) is 12.5. The monoisotopic (exact) mass is 291 g/mol. The average Bonchev–Trinajstić information content (AvgIpc) is 2.91. The van der Waals surface area contributed by atoms with E-state index in [4.69, 9.17) is 11.6 Å². The lowest BCUT2D eigenvalue weighted by Crippen LogP contribution is -1.98. The molecule has 21 heavy (non-hydrogen) atoms. The van der Waals surface area contributed by atoms with Crippen LogP contribution >= 0.6 is 11.6 Å². The summed E-state index contributed by atoms with van der Waals surface area (Å²) in [5.74, 6) is 0. The molecule has 1 heterocycles. The minimum absolute atomic E-state index is 0.785. The van der Waals surface area contributed by atoms with Crippen LogP contribution < -0.4 is 0 Å². The zero-order valence-electron chi connectivity index (χ0n) is 11.5. The number of aromatic nitrogens is 1. The van der Waals surface area contributed by atoms with Gasteiger partial charge in [0.05, 0.1) is 0 Å². The van der Waals surface area contributed by atoms with Crippen LogP contribution in [0.5, 0.6) is 0 Å². The molecule has 0 saturated heterocycles. The molecule has 0 aliphatic rings. The van der Waals surface area contributed by atoms with E-state index in [0.717, 1.165) is 11.6 Å². The molecule has 0 amide bonds. The van der Waals surface area contributed by atoms with Crippen molar-refractivity contribution in [3.8, 4) is 0 Å². The first-order valence-electron chi connectivity index (χ1n) is 7.02. The highest BCUT2D eigenvalue weighted by molar-refractivity contribution is 6.31. The van der Waals surface area contributed by atoms with Crippen LogP contribution in [0.1, 0.15) is 5.56 Å². The molecule has 0 N–H and O–H groups in total. The van der Waals surface area contributed by atoms with Crippen LogP contribution in [0.15, 0.2) is 72.9 Å². The molecule has 0 spiro atoms. The van der Waals surface area contributed by atoms with Crippen molar-refractivity contribution < 1.29 is 0 Å². The first-order chi connectivity index (χ1) is 10.3. The van der Waals surface area contributed by atoms with Gasteiger partial charge in [-0.25, -0.2) is 0 Å². The van der Waals surface area contributed by atoms with Crippen LogP contribution in [0.25, 0.3) is 21.7 Å². The van der Waals surface area contributed by atoms with Gasteiger partial charge >= 0.3 is 0 Å². The Labute approximate surface area is 128 Å². The van der Waals surface area contributed by atoms with E-state index in [1.54, 1.807) is 0 Å². The minimum Gasteiger partial charge on any atom is -0.343 e. The van der Waals surface area contributed by atoms with E-state index in [0.29, 0.717) is 0 Å². The lowest BCUT2D eigenvalue weighted by Gasteiger charge is -2.09. The second-order valence-electron chi connectivity index (χ2n) is 5.29. The predicted molar refractivity (Wildman–Crippen MR) is 90.0 cm³/mol. The molecule has 0 unspecified atom stereocenters. The van der Waals surface area contributed by atoms with Gasteiger partial charge in [-0.2, -0.15) is 0 Å². The van der Waals surface area contributed by atoms with E-state index < -0.39 is 0 Å². The maximum Gasteiger partial charge on any atom is 0.0483 e. The molecular weight excluding hydrogens is 278 g/mol. The van der Waals surface area contributed by atoms with Gasteiger partial charge in [-0.05, 0) is 46.0 Å². The number of halogens is 1. The van der Waals surface area contributed by atoms with Crippen molar-refractivity contribution in [2.24, 2.45) is 0 Å². The molecule has 2 heteroatoms. The molecule has 1 nitrogen and oxygen atoms in total. The van der Waals surface area contributed by atoms with E-state index in [9.17, 15) is 0 Å². The summed E-state index contributed by atoms with van der Waals surface area (Å²) < 4.78 is 2.28. The summed E-state index contributed by atoms with van der Waals surface area (Å²) in [6.45, 7) is 0.852. The maximum absolute atomic E-state index is 6.16. The number of benzene rings is 3. The van der Waals surface area contributed by atoms with Crippen LogP contribution in [0.4, 0.5) is 0 Å². The minimum atomic E-state index is 0.785. The first-order valence-corrected chi connectivity index (χ1v) is 7.40. The van der Waals surface area contributed by atoms with Gasteiger partial charge in [-0.15, -0.1) is 0 Å². The van der Waals surface area contributed by atoms with Crippen molar-refractivity contribution in [3.05, 3.63) is 83.5 Å². The summed E-state index contributed by atoms with van der Waals surface area (Å²) in [7, 11) is 0. The van der Waals surface area contributed by atoms with Gasteiger partial charge in [-0.1, -0.05) is 54.1 Å². The van der Waals surface area contributed by atoms with Crippen molar-refractivity contribution in [1.82, 2.24) is 4.57 Å². The fourth-order valence-electron chi connectivity index (χ4n) is 2.91. The van der Waals surface area contributed by atoms with Gasteiger partial charge in [0, 0.05) is 23.3 Å². The van der Waals surface area contributed by atoms with Gasteiger partial charge in [0.1, 0.15) is 0 Å². The van der Waals surface area contributed by atoms with Gasteiger partial charge in [0.25, 0.3) is 0 Å². The molecule has 0 radical (unpaired) electrons. The van der Waals surface area contributed by atoms with E-state index >= 15 is 0 Å². The van der Waals surface area contributed by atoms with Gasteiger partial charge < -0.3 is 4.57 Å². The summed E-state index contributed by atoms with van der Waals surface area (Å²) in [6, 6.07) is 23.1. The van der Waals surface area contributed by atoms with Crippen molar-refractivity contribution >= 4 is 33.3 Å². The molecule has 4 rings (SSSR count). The second-order valence-corrected chi connectivity index (χ2v) is 5.72. The summed E-state index contributed by atoms with van der Waals surface area (Å²) in [5.41, 5.74) is 2.55. The molecule has 0 bridgehead atoms. The Bertz CT molecular complexity index is 937. The third kappa shape index (κ3) is 2.20. The Balaban J connectivity index is 1.86. The molecule has 4 aromatic rings. The molecule has 0 aliphatic carbocycles. The van der Waals surface area contributed by atoms with Crippen molar-refractivity contribution in [3.63, 3.8) is 0 Å². The van der Waals surface area contributed by atoms with Crippen LogP contribution in [0, 0.1) is 0 Å². The van der Waals surface area contributed by atoms with Crippen molar-refractivity contribution in [2.45, 2.75) is 6.54 Å². The number of fused-ring (bicyclic) bond motifs is 2. The lowest BCUT2D eigenvalue weighted by molar-refractivity contribution is 0.843. The lowest BCUT2D eigenvalue weighted by atomic mass is 10.0. The highest BCUT2D eigenvalue weighted by Crippen LogP contribution is 2.25. The van der Waals surface area contributed by atoms with Crippen molar-refractivity contribution in [1.29, 1.82) is 0 Å². The average molecular weight is 292 g/mol. The van der Waals surface area contributed by atoms with Crippen LogP contribution in [0.2, 0.25) is 5.02 Å². The number of rotatable bonds is 2. The third-order valence-electron chi connectivity index (χ3n) is 3.96. The molecule has 0 atom stereocenters. The number of hydrogen-bond donors (Lipinski definition) is 0. The standard InChI is InChI=1S/C19H14ClN/c20-17-9-8-14-5-3-6-16(18(14)12-17)13-21-11-10-15-4-1-2-7-19(15)21/h1-12H,13H2. The molecule has 1 aromatic heterocycles. The quantitative estimate of drug-likeness (QED) is 0.460. The summed E-state index contributed by atoms with van der Waals surface area (Å²) in [5, 5.41) is 4.51. The van der Waals surface area contributed by atoms with Gasteiger partial charge in [-0.3, -0.25) is 0 Å². The van der Waals surface area contributed by atoms with Crippen LogP contribution in [-0.2, 0) is 6.54 Å². The van der Waals surface area contributed by atoms with Crippen molar-refractivity contribution in [2.75, 3.05) is 0 Å². The zero-order valence-corrected chi connectivity index (χ0v) is 12.2. The zero-order chi connectivity index (χ0) is 14.2. The molecule has 0 aliphatic heterocycles. The number of hydrogen-bond acceptors (Lipinski definition) is 0. The Kier molecular flexibility index (Phi) is 2.94. The summed E-state index contributed by atoms with van der Waals surface area (Å²) in [4.78, 5) is 0. The molecular formula is C19H14ClN. The smallest absolute Gasteiger partial charge is 0.0483 e. The van der Waals surface area contributed by atoms with Gasteiger partial charge in [0.2, 0.25) is 0 Å². The SMILES string of the molecule is Clc1ccc2cccc(Cn3ccc4ccccc43)c2c1. The van der Waals surface area contributed by atoms with E-state index in [2.05, 4.69) is 71.4 Å².